The van der Waals surface area contributed by atoms with Crippen LogP contribution in [0.3, 0.4) is 0 Å². The molecule has 0 fully saturated rings. The van der Waals surface area contributed by atoms with Crippen LogP contribution < -0.4 is 5.73 Å². The van der Waals surface area contributed by atoms with Crippen molar-refractivity contribution in [1.82, 2.24) is 9.88 Å². The molecule has 2 N–H and O–H groups in total. The van der Waals surface area contributed by atoms with E-state index in [-0.39, 0.29) is 17.9 Å². The van der Waals surface area contributed by atoms with Crippen LogP contribution >= 0.6 is 11.3 Å². The SMILES string of the molecule is CCOC(C)c1nc(CN(C)C(=O)C(C)CN)cs1. The molecule has 0 spiro atoms. The molecule has 0 aliphatic rings. The normalized spacial score (nSPS) is 14.2. The number of ether oxygens (including phenoxy) is 1. The summed E-state index contributed by atoms with van der Waals surface area (Å²) in [6, 6.07) is 0. The van der Waals surface area contributed by atoms with Crippen LogP contribution in [0.4, 0.5) is 0 Å². The summed E-state index contributed by atoms with van der Waals surface area (Å²) in [7, 11) is 1.78. The molecule has 0 saturated heterocycles. The maximum absolute atomic E-state index is 11.9. The molecule has 1 aromatic rings. The van der Waals surface area contributed by atoms with Crippen molar-refractivity contribution in [2.45, 2.75) is 33.4 Å². The van der Waals surface area contributed by atoms with Gasteiger partial charge in [-0.3, -0.25) is 4.79 Å². The van der Waals surface area contributed by atoms with Crippen molar-refractivity contribution < 1.29 is 9.53 Å². The van der Waals surface area contributed by atoms with Crippen LogP contribution in [0.2, 0.25) is 0 Å². The summed E-state index contributed by atoms with van der Waals surface area (Å²) in [5.41, 5.74) is 6.40. The summed E-state index contributed by atoms with van der Waals surface area (Å²) in [6.45, 7) is 7.33. The molecule has 0 aliphatic heterocycles. The maximum Gasteiger partial charge on any atom is 0.226 e. The van der Waals surface area contributed by atoms with Crippen LogP contribution in [0, 0.1) is 5.92 Å². The van der Waals surface area contributed by atoms with Crippen molar-refractivity contribution >= 4 is 17.2 Å². The molecule has 0 aromatic carbocycles. The Morgan fingerprint density at radius 2 is 2.26 bits per heavy atom. The predicted molar refractivity (Wildman–Crippen MR) is 76.8 cm³/mol. The van der Waals surface area contributed by atoms with Gasteiger partial charge in [0.1, 0.15) is 11.1 Å². The number of nitrogens with two attached hydrogens (primary N) is 1. The zero-order valence-electron chi connectivity index (χ0n) is 12.0. The molecule has 0 aliphatic carbocycles. The van der Waals surface area contributed by atoms with Gasteiger partial charge in [-0.1, -0.05) is 6.92 Å². The fraction of sp³-hybridized carbons (Fsp3) is 0.692. The van der Waals surface area contributed by atoms with E-state index >= 15 is 0 Å². The van der Waals surface area contributed by atoms with Crippen molar-refractivity contribution in [3.05, 3.63) is 16.1 Å². The first-order valence-electron chi connectivity index (χ1n) is 6.50. The van der Waals surface area contributed by atoms with Crippen molar-refractivity contribution in [3.8, 4) is 0 Å². The third kappa shape index (κ3) is 4.56. The van der Waals surface area contributed by atoms with E-state index in [1.54, 1.807) is 23.3 Å². The Bertz CT molecular complexity index is 408. The molecule has 1 aromatic heterocycles. The number of amides is 1. The molecule has 5 nitrogen and oxygen atoms in total. The molecule has 19 heavy (non-hydrogen) atoms. The second-order valence-corrected chi connectivity index (χ2v) is 5.50. The first-order chi connectivity index (χ1) is 8.99. The van der Waals surface area contributed by atoms with E-state index in [1.807, 2.05) is 26.2 Å². The number of carbonyl (C=O) groups excluding carboxylic acids is 1. The second kappa shape index (κ2) is 7.57. The molecule has 1 rings (SSSR count). The molecule has 0 bridgehead atoms. The number of hydrogen-bond acceptors (Lipinski definition) is 5. The summed E-state index contributed by atoms with van der Waals surface area (Å²) in [6.07, 6.45) is 0.00715. The monoisotopic (exact) mass is 285 g/mol. The van der Waals surface area contributed by atoms with Gasteiger partial charge in [-0.2, -0.15) is 0 Å². The molecule has 1 amide bonds. The Morgan fingerprint density at radius 3 is 2.84 bits per heavy atom. The lowest BCUT2D eigenvalue weighted by atomic mass is 10.1. The van der Waals surface area contributed by atoms with Crippen molar-refractivity contribution in [3.63, 3.8) is 0 Å². The largest absolute Gasteiger partial charge is 0.372 e. The van der Waals surface area contributed by atoms with Crippen molar-refractivity contribution in [1.29, 1.82) is 0 Å². The zero-order chi connectivity index (χ0) is 14.4. The van der Waals surface area contributed by atoms with E-state index in [1.165, 1.54) is 0 Å². The zero-order valence-corrected chi connectivity index (χ0v) is 12.9. The van der Waals surface area contributed by atoms with Gasteiger partial charge in [0.05, 0.1) is 12.2 Å². The molecular formula is C13H23N3O2S. The van der Waals surface area contributed by atoms with Gasteiger partial charge < -0.3 is 15.4 Å². The third-order valence-corrected chi connectivity index (χ3v) is 3.94. The maximum atomic E-state index is 11.9. The van der Waals surface area contributed by atoms with Gasteiger partial charge in [-0.15, -0.1) is 11.3 Å². The first-order valence-corrected chi connectivity index (χ1v) is 7.38. The summed E-state index contributed by atoms with van der Waals surface area (Å²) in [5, 5.41) is 2.92. The average Bonchev–Trinajstić information content (AvgIpc) is 2.85. The van der Waals surface area contributed by atoms with Gasteiger partial charge in [-0.25, -0.2) is 4.98 Å². The Kier molecular flexibility index (Phi) is 6.41. The van der Waals surface area contributed by atoms with Crippen LogP contribution in [-0.4, -0.2) is 36.0 Å². The standard InChI is InChI=1S/C13H23N3O2S/c1-5-18-10(3)12-15-11(8-19-12)7-16(4)13(17)9(2)6-14/h8-10H,5-7,14H2,1-4H3. The Morgan fingerprint density at radius 1 is 1.58 bits per heavy atom. The Labute approximate surface area is 118 Å². The summed E-state index contributed by atoms with van der Waals surface area (Å²) < 4.78 is 5.50. The van der Waals surface area contributed by atoms with Crippen LogP contribution in [-0.2, 0) is 16.1 Å². The summed E-state index contributed by atoms with van der Waals surface area (Å²) in [5.74, 6) is -0.0969. The van der Waals surface area contributed by atoms with Gasteiger partial charge in [0.15, 0.2) is 0 Å². The van der Waals surface area contributed by atoms with Gasteiger partial charge in [0, 0.05) is 31.5 Å². The highest BCUT2D eigenvalue weighted by molar-refractivity contribution is 7.09. The molecule has 6 heteroatoms. The molecule has 0 radical (unpaired) electrons. The molecule has 0 saturated carbocycles. The number of rotatable bonds is 7. The Hall–Kier alpha value is -0.980. The highest BCUT2D eigenvalue weighted by Crippen LogP contribution is 2.21. The number of nitrogens with zero attached hydrogens (tertiary/aromatic N) is 2. The topological polar surface area (TPSA) is 68.5 Å². The summed E-state index contributed by atoms with van der Waals surface area (Å²) in [4.78, 5) is 18.1. The van der Waals surface area contributed by atoms with E-state index in [2.05, 4.69) is 4.98 Å². The predicted octanol–water partition coefficient (Wildman–Crippen LogP) is 1.79. The van der Waals surface area contributed by atoms with Crippen molar-refractivity contribution in [2.24, 2.45) is 11.7 Å². The third-order valence-electron chi connectivity index (χ3n) is 2.88. The van der Waals surface area contributed by atoms with Crippen LogP contribution in [0.25, 0.3) is 0 Å². The minimum Gasteiger partial charge on any atom is -0.372 e. The number of carbonyl (C=O) groups is 1. The first kappa shape index (κ1) is 16.1. The lowest BCUT2D eigenvalue weighted by Crippen LogP contribution is -2.34. The van der Waals surface area contributed by atoms with Crippen LogP contribution in [0.5, 0.6) is 0 Å². The number of hydrogen-bond donors (Lipinski definition) is 1. The molecule has 108 valence electrons. The number of thiazole rings is 1. The lowest BCUT2D eigenvalue weighted by molar-refractivity contribution is -0.133. The van der Waals surface area contributed by atoms with E-state index in [0.29, 0.717) is 19.7 Å². The van der Waals surface area contributed by atoms with Crippen molar-refractivity contribution in [2.75, 3.05) is 20.2 Å². The molecule has 2 atom stereocenters. The van der Waals surface area contributed by atoms with Gasteiger partial charge in [0.2, 0.25) is 5.91 Å². The smallest absolute Gasteiger partial charge is 0.226 e. The van der Waals surface area contributed by atoms with E-state index in [0.717, 1.165) is 10.7 Å². The van der Waals surface area contributed by atoms with Gasteiger partial charge in [-0.05, 0) is 13.8 Å². The van der Waals surface area contributed by atoms with E-state index < -0.39 is 0 Å². The fourth-order valence-electron chi connectivity index (χ4n) is 1.70. The van der Waals surface area contributed by atoms with Crippen LogP contribution in [0.1, 0.15) is 37.6 Å². The van der Waals surface area contributed by atoms with Gasteiger partial charge in [0.25, 0.3) is 0 Å². The average molecular weight is 285 g/mol. The summed E-state index contributed by atoms with van der Waals surface area (Å²) >= 11 is 1.57. The van der Waals surface area contributed by atoms with E-state index in [9.17, 15) is 4.79 Å². The highest BCUT2D eigenvalue weighted by atomic mass is 32.1. The highest BCUT2D eigenvalue weighted by Gasteiger charge is 2.18. The molecular weight excluding hydrogens is 262 g/mol. The molecule has 1 heterocycles. The minimum absolute atomic E-state index is 0.00715. The second-order valence-electron chi connectivity index (χ2n) is 4.61. The Balaban J connectivity index is 2.60. The van der Waals surface area contributed by atoms with Gasteiger partial charge >= 0.3 is 0 Å². The fourth-order valence-corrected chi connectivity index (χ4v) is 2.51. The molecule has 2 unspecified atom stereocenters. The minimum atomic E-state index is -0.148. The lowest BCUT2D eigenvalue weighted by Gasteiger charge is -2.19. The quantitative estimate of drug-likeness (QED) is 0.829. The number of aromatic nitrogens is 1. The van der Waals surface area contributed by atoms with Crippen LogP contribution in [0.15, 0.2) is 5.38 Å². The van der Waals surface area contributed by atoms with E-state index in [4.69, 9.17) is 10.5 Å².